The smallest absolute Gasteiger partial charge is 0.205 e. The quantitative estimate of drug-likeness (QED) is 0.531. The van der Waals surface area contributed by atoms with Gasteiger partial charge in [-0.25, -0.2) is 0 Å². The molecule has 0 bridgehead atoms. The molecule has 1 aromatic heterocycles. The highest BCUT2D eigenvalue weighted by Crippen LogP contribution is 2.45. The fourth-order valence-corrected chi connectivity index (χ4v) is 2.76. The van der Waals surface area contributed by atoms with Crippen LogP contribution in [0.4, 0.5) is 0 Å². The van der Waals surface area contributed by atoms with E-state index in [4.69, 9.17) is 18.6 Å². The molecule has 6 nitrogen and oxygen atoms in total. The van der Waals surface area contributed by atoms with E-state index in [0.717, 1.165) is 5.56 Å². The maximum atomic E-state index is 12.8. The number of allylic oxidation sites excluding steroid dienone is 1. The average Bonchev–Trinajstić information content (AvgIpc) is 3.14. The number of fused-ring (bicyclic) bond motifs is 1. The molecule has 0 saturated carbocycles. The van der Waals surface area contributed by atoms with Gasteiger partial charge in [0.1, 0.15) is 17.1 Å². The molecule has 0 aliphatic heterocycles. The Balaban J connectivity index is 2.07. The number of carbonyl (C=O) groups excluding carboxylic acids is 1. The van der Waals surface area contributed by atoms with Crippen LogP contribution in [-0.2, 0) is 0 Å². The molecule has 3 aromatic rings. The number of hydrogen-bond donors (Lipinski definition) is 1. The molecule has 1 N–H and O–H groups in total. The van der Waals surface area contributed by atoms with E-state index in [1.807, 2.05) is 18.2 Å². The fourth-order valence-electron chi connectivity index (χ4n) is 2.76. The third kappa shape index (κ3) is 2.97. The van der Waals surface area contributed by atoms with Crippen LogP contribution in [0.2, 0.25) is 0 Å². The molecule has 3 rings (SSSR count). The average molecular weight is 354 g/mol. The van der Waals surface area contributed by atoms with Gasteiger partial charge in [0.15, 0.2) is 17.1 Å². The molecule has 1 heterocycles. The van der Waals surface area contributed by atoms with Crippen LogP contribution in [0, 0.1) is 0 Å². The van der Waals surface area contributed by atoms with Crippen molar-refractivity contribution in [3.8, 4) is 23.0 Å². The third-order valence-electron chi connectivity index (χ3n) is 3.97. The highest BCUT2D eigenvalue weighted by atomic mass is 16.5. The summed E-state index contributed by atoms with van der Waals surface area (Å²) in [5.74, 6) is 0.244. The lowest BCUT2D eigenvalue weighted by molar-refractivity contribution is 0.104. The van der Waals surface area contributed by atoms with Crippen LogP contribution in [0.1, 0.15) is 15.9 Å². The lowest BCUT2D eigenvalue weighted by Crippen LogP contribution is -2.02. The highest BCUT2D eigenvalue weighted by molar-refractivity contribution is 6.15. The number of methoxy groups -OCH3 is 3. The van der Waals surface area contributed by atoms with Crippen LogP contribution in [0.15, 0.2) is 47.1 Å². The summed E-state index contributed by atoms with van der Waals surface area (Å²) in [5, 5.41) is 11.1. The normalized spacial score (nSPS) is 11.0. The van der Waals surface area contributed by atoms with Gasteiger partial charge in [0.25, 0.3) is 0 Å². The van der Waals surface area contributed by atoms with Crippen LogP contribution >= 0.6 is 0 Å². The van der Waals surface area contributed by atoms with Gasteiger partial charge < -0.3 is 23.7 Å². The van der Waals surface area contributed by atoms with Crippen molar-refractivity contribution in [1.82, 2.24) is 0 Å². The van der Waals surface area contributed by atoms with E-state index in [0.29, 0.717) is 16.7 Å². The first kappa shape index (κ1) is 17.4. The molecule has 0 radical (unpaired) electrons. The molecule has 0 atom stereocenters. The molecule has 0 aliphatic rings. The molecule has 26 heavy (non-hydrogen) atoms. The Labute approximate surface area is 150 Å². The number of phenols is 1. The van der Waals surface area contributed by atoms with Gasteiger partial charge in [-0.05, 0) is 29.8 Å². The molecular weight excluding hydrogens is 336 g/mol. The summed E-state index contributed by atoms with van der Waals surface area (Å²) in [4.78, 5) is 12.8. The summed E-state index contributed by atoms with van der Waals surface area (Å²) in [6, 6.07) is 8.91. The molecule has 0 spiro atoms. The van der Waals surface area contributed by atoms with Crippen molar-refractivity contribution in [2.75, 3.05) is 21.3 Å². The number of hydrogen-bond acceptors (Lipinski definition) is 6. The van der Waals surface area contributed by atoms with E-state index >= 15 is 0 Å². The van der Waals surface area contributed by atoms with Gasteiger partial charge in [0.2, 0.25) is 5.75 Å². The van der Waals surface area contributed by atoms with Crippen LogP contribution in [0.3, 0.4) is 0 Å². The maximum absolute atomic E-state index is 12.8. The topological polar surface area (TPSA) is 78.1 Å². The highest BCUT2D eigenvalue weighted by Gasteiger charge is 2.26. The third-order valence-corrected chi connectivity index (χ3v) is 3.97. The zero-order valence-electron chi connectivity index (χ0n) is 14.6. The van der Waals surface area contributed by atoms with E-state index in [-0.39, 0.29) is 22.8 Å². The second-order valence-corrected chi connectivity index (χ2v) is 5.43. The predicted molar refractivity (Wildman–Crippen MR) is 97.3 cm³/mol. The molecule has 2 aromatic carbocycles. The molecule has 6 heteroatoms. The van der Waals surface area contributed by atoms with Crippen LogP contribution in [0.25, 0.3) is 17.0 Å². The van der Waals surface area contributed by atoms with Gasteiger partial charge in [0.05, 0.1) is 33.0 Å². The Morgan fingerprint density at radius 2 is 1.85 bits per heavy atom. The number of aromatic hydroxyl groups is 1. The summed E-state index contributed by atoms with van der Waals surface area (Å²) in [6.45, 7) is 0. The Kier molecular flexibility index (Phi) is 4.84. The summed E-state index contributed by atoms with van der Waals surface area (Å²) >= 11 is 0. The van der Waals surface area contributed by atoms with E-state index < -0.39 is 5.78 Å². The Morgan fingerprint density at radius 1 is 1.08 bits per heavy atom. The van der Waals surface area contributed by atoms with Gasteiger partial charge in [-0.2, -0.15) is 0 Å². The first-order valence-corrected chi connectivity index (χ1v) is 7.81. The first-order valence-electron chi connectivity index (χ1n) is 7.81. The standard InChI is InChI=1S/C20H18O6/c1-23-13-6-4-5-12(11-13)7-8-15(21)16-17(22)20(25-3)19-14(9-10-26-19)18(16)24-2/h4-11,22H,1-3H3/b8-7+. The van der Waals surface area contributed by atoms with Gasteiger partial charge >= 0.3 is 0 Å². The zero-order valence-corrected chi connectivity index (χ0v) is 14.6. The number of furan rings is 1. The summed E-state index contributed by atoms with van der Waals surface area (Å²) in [6.07, 6.45) is 4.43. The monoisotopic (exact) mass is 354 g/mol. The summed E-state index contributed by atoms with van der Waals surface area (Å²) < 4.78 is 21.1. The predicted octanol–water partition coefficient (Wildman–Crippen LogP) is 4.06. The van der Waals surface area contributed by atoms with Crippen LogP contribution in [-0.4, -0.2) is 32.2 Å². The van der Waals surface area contributed by atoms with Gasteiger partial charge in [-0.15, -0.1) is 0 Å². The number of carbonyl (C=O) groups is 1. The largest absolute Gasteiger partial charge is 0.504 e. The van der Waals surface area contributed by atoms with Crippen molar-refractivity contribution in [3.63, 3.8) is 0 Å². The van der Waals surface area contributed by atoms with Crippen molar-refractivity contribution in [2.45, 2.75) is 0 Å². The van der Waals surface area contributed by atoms with E-state index in [9.17, 15) is 9.90 Å². The van der Waals surface area contributed by atoms with Crippen LogP contribution in [0.5, 0.6) is 23.0 Å². The summed E-state index contributed by atoms with van der Waals surface area (Å²) in [5.41, 5.74) is 1.11. The minimum absolute atomic E-state index is 0.0115. The number of rotatable bonds is 6. The Hall–Kier alpha value is -3.41. The molecule has 0 saturated heterocycles. The second-order valence-electron chi connectivity index (χ2n) is 5.43. The number of ether oxygens (including phenoxy) is 3. The first-order chi connectivity index (χ1) is 12.6. The molecule has 0 aliphatic carbocycles. The number of phenolic OH excluding ortho intramolecular Hbond substituents is 1. The van der Waals surface area contributed by atoms with Crippen LogP contribution < -0.4 is 14.2 Å². The van der Waals surface area contributed by atoms with Gasteiger partial charge in [0, 0.05) is 0 Å². The lowest BCUT2D eigenvalue weighted by Gasteiger charge is -2.13. The molecule has 0 unspecified atom stereocenters. The van der Waals surface area contributed by atoms with Crippen molar-refractivity contribution in [3.05, 3.63) is 53.8 Å². The molecular formula is C20H18O6. The number of ketones is 1. The lowest BCUT2D eigenvalue weighted by atomic mass is 10.0. The van der Waals surface area contributed by atoms with Crippen molar-refractivity contribution in [2.24, 2.45) is 0 Å². The maximum Gasteiger partial charge on any atom is 0.205 e. The van der Waals surface area contributed by atoms with Crippen molar-refractivity contribution < 1.29 is 28.5 Å². The van der Waals surface area contributed by atoms with E-state index in [1.54, 1.807) is 25.3 Å². The minimum Gasteiger partial charge on any atom is -0.504 e. The molecule has 0 fully saturated rings. The Bertz CT molecular complexity index is 983. The van der Waals surface area contributed by atoms with Crippen molar-refractivity contribution in [1.29, 1.82) is 0 Å². The van der Waals surface area contributed by atoms with E-state index in [2.05, 4.69) is 0 Å². The van der Waals surface area contributed by atoms with E-state index in [1.165, 1.54) is 26.6 Å². The van der Waals surface area contributed by atoms with Crippen molar-refractivity contribution >= 4 is 22.8 Å². The second kappa shape index (κ2) is 7.23. The number of benzene rings is 2. The summed E-state index contributed by atoms with van der Waals surface area (Å²) in [7, 11) is 4.39. The SMILES string of the molecule is COc1cccc(/C=C/C(=O)c2c(O)c(OC)c3occc3c2OC)c1. The Morgan fingerprint density at radius 3 is 2.54 bits per heavy atom. The zero-order chi connectivity index (χ0) is 18.7. The van der Waals surface area contributed by atoms with Gasteiger partial charge in [-0.1, -0.05) is 18.2 Å². The fraction of sp³-hybridized carbons (Fsp3) is 0.150. The molecule has 0 amide bonds. The van der Waals surface area contributed by atoms with Gasteiger partial charge in [-0.3, -0.25) is 4.79 Å². The molecule has 134 valence electrons. The minimum atomic E-state index is -0.427.